The first-order valence-electron chi connectivity index (χ1n) is 5.08. The van der Waals surface area contributed by atoms with E-state index in [1.54, 1.807) is 0 Å². The maximum absolute atomic E-state index is 12.0. The van der Waals surface area contributed by atoms with Crippen molar-refractivity contribution in [2.24, 2.45) is 0 Å². The van der Waals surface area contributed by atoms with E-state index in [0.717, 1.165) is 21.7 Å². The molecule has 16 heavy (non-hydrogen) atoms. The second-order valence-electron chi connectivity index (χ2n) is 3.77. The van der Waals surface area contributed by atoms with Gasteiger partial charge in [0.15, 0.2) is 5.78 Å². The van der Waals surface area contributed by atoms with Crippen LogP contribution in [0.5, 0.6) is 0 Å². The molecule has 1 heterocycles. The van der Waals surface area contributed by atoms with Gasteiger partial charge in [-0.2, -0.15) is 0 Å². The zero-order valence-corrected chi connectivity index (χ0v) is 9.88. The third-order valence-corrected chi connectivity index (χ3v) is 3.52. The van der Waals surface area contributed by atoms with Crippen molar-refractivity contribution in [2.45, 2.75) is 13.3 Å². The Labute approximate surface area is 98.7 Å². The van der Waals surface area contributed by atoms with Gasteiger partial charge in [-0.15, -0.1) is 11.3 Å². The molecular weight excluding hydrogens is 218 g/mol. The van der Waals surface area contributed by atoms with Crippen LogP contribution in [-0.4, -0.2) is 5.78 Å². The van der Waals surface area contributed by atoms with Crippen LogP contribution in [-0.2, 0) is 6.42 Å². The highest BCUT2D eigenvalue weighted by Crippen LogP contribution is 2.18. The lowest BCUT2D eigenvalue weighted by atomic mass is 10.1. The lowest BCUT2D eigenvalue weighted by Crippen LogP contribution is -2.02. The van der Waals surface area contributed by atoms with Crippen LogP contribution >= 0.6 is 11.3 Å². The molecule has 0 radical (unpaired) electrons. The van der Waals surface area contributed by atoms with Gasteiger partial charge in [-0.1, -0.05) is 12.1 Å². The molecule has 2 N–H and O–H groups in total. The summed E-state index contributed by atoms with van der Waals surface area (Å²) in [5.74, 6) is 0.178. The minimum Gasteiger partial charge on any atom is -0.399 e. The largest absolute Gasteiger partial charge is 0.399 e. The lowest BCUT2D eigenvalue weighted by molar-refractivity contribution is 0.0996. The predicted molar refractivity (Wildman–Crippen MR) is 67.9 cm³/mol. The number of hydrogen-bond donors (Lipinski definition) is 1. The number of hydrogen-bond acceptors (Lipinski definition) is 3. The number of thiophene rings is 1. The smallest absolute Gasteiger partial charge is 0.177 e. The third-order valence-electron chi connectivity index (χ3n) is 2.46. The number of ketones is 1. The first kappa shape index (κ1) is 10.9. The Bertz CT molecular complexity index is 499. The van der Waals surface area contributed by atoms with E-state index in [1.807, 2.05) is 42.6 Å². The Morgan fingerprint density at radius 3 is 2.50 bits per heavy atom. The standard InChI is InChI=1S/C13H13NOS/c1-9-6-7-16-13(9)12(15)8-10-2-4-11(14)5-3-10/h2-7H,8,14H2,1H3. The number of nitrogens with two attached hydrogens (primary N) is 1. The fourth-order valence-corrected chi connectivity index (χ4v) is 2.43. The Morgan fingerprint density at radius 1 is 1.25 bits per heavy atom. The van der Waals surface area contributed by atoms with Crippen LogP contribution in [0.25, 0.3) is 0 Å². The molecule has 0 atom stereocenters. The van der Waals surface area contributed by atoms with Crippen LogP contribution < -0.4 is 5.73 Å². The summed E-state index contributed by atoms with van der Waals surface area (Å²) in [6.45, 7) is 1.96. The van der Waals surface area contributed by atoms with Gasteiger partial charge < -0.3 is 5.73 Å². The third kappa shape index (κ3) is 2.31. The van der Waals surface area contributed by atoms with Crippen molar-refractivity contribution in [1.29, 1.82) is 0 Å². The molecule has 0 fully saturated rings. The van der Waals surface area contributed by atoms with E-state index in [-0.39, 0.29) is 5.78 Å². The molecule has 0 aliphatic rings. The van der Waals surface area contributed by atoms with Crippen LogP contribution in [0, 0.1) is 6.92 Å². The molecule has 0 aliphatic carbocycles. The predicted octanol–water partition coefficient (Wildman–Crippen LogP) is 3.06. The molecule has 2 aromatic rings. The zero-order valence-electron chi connectivity index (χ0n) is 9.07. The molecule has 0 aliphatic heterocycles. The molecule has 1 aromatic carbocycles. The molecule has 3 heteroatoms. The number of rotatable bonds is 3. The molecule has 0 amide bonds. The number of carbonyl (C=O) groups excluding carboxylic acids is 1. The van der Waals surface area contributed by atoms with Gasteiger partial charge in [0.05, 0.1) is 4.88 Å². The Kier molecular flexibility index (Phi) is 3.06. The number of benzene rings is 1. The van der Waals surface area contributed by atoms with Gasteiger partial charge in [-0.25, -0.2) is 0 Å². The fourth-order valence-electron chi connectivity index (χ4n) is 1.56. The summed E-state index contributed by atoms with van der Waals surface area (Å²) in [7, 11) is 0. The average Bonchev–Trinajstić information content (AvgIpc) is 2.68. The van der Waals surface area contributed by atoms with Crippen molar-refractivity contribution in [3.05, 3.63) is 51.7 Å². The van der Waals surface area contributed by atoms with Crippen LogP contribution in [0.1, 0.15) is 20.8 Å². The minimum absolute atomic E-state index is 0.178. The summed E-state index contributed by atoms with van der Waals surface area (Å²) in [4.78, 5) is 12.8. The minimum atomic E-state index is 0.178. The average molecular weight is 231 g/mol. The highest BCUT2D eigenvalue weighted by molar-refractivity contribution is 7.12. The molecule has 2 rings (SSSR count). The number of nitrogen functional groups attached to an aromatic ring is 1. The molecule has 1 aromatic heterocycles. The SMILES string of the molecule is Cc1ccsc1C(=O)Cc1ccc(N)cc1. The maximum atomic E-state index is 12.0. The van der Waals surface area contributed by atoms with Gasteiger partial charge in [0.25, 0.3) is 0 Å². The van der Waals surface area contributed by atoms with Gasteiger partial charge in [0.1, 0.15) is 0 Å². The van der Waals surface area contributed by atoms with Gasteiger partial charge >= 0.3 is 0 Å². The summed E-state index contributed by atoms with van der Waals surface area (Å²) < 4.78 is 0. The monoisotopic (exact) mass is 231 g/mol. The highest BCUT2D eigenvalue weighted by atomic mass is 32.1. The Hall–Kier alpha value is -1.61. The second kappa shape index (κ2) is 4.49. The van der Waals surface area contributed by atoms with E-state index in [2.05, 4.69) is 0 Å². The van der Waals surface area contributed by atoms with Crippen molar-refractivity contribution >= 4 is 22.8 Å². The van der Waals surface area contributed by atoms with Crippen molar-refractivity contribution in [3.8, 4) is 0 Å². The van der Waals surface area contributed by atoms with Crippen molar-refractivity contribution in [1.82, 2.24) is 0 Å². The van der Waals surface area contributed by atoms with Gasteiger partial charge in [-0.05, 0) is 41.6 Å². The molecule has 0 bridgehead atoms. The molecular formula is C13H13NOS. The first-order chi connectivity index (χ1) is 7.66. The number of carbonyl (C=O) groups is 1. The van der Waals surface area contributed by atoms with E-state index >= 15 is 0 Å². The van der Waals surface area contributed by atoms with E-state index < -0.39 is 0 Å². The van der Waals surface area contributed by atoms with Gasteiger partial charge in [0, 0.05) is 12.1 Å². The quantitative estimate of drug-likeness (QED) is 0.651. The zero-order chi connectivity index (χ0) is 11.5. The summed E-state index contributed by atoms with van der Waals surface area (Å²) in [6, 6.07) is 9.42. The van der Waals surface area contributed by atoms with Crippen LogP contribution in [0.3, 0.4) is 0 Å². The molecule has 0 spiro atoms. The van der Waals surface area contributed by atoms with Crippen molar-refractivity contribution in [3.63, 3.8) is 0 Å². The molecule has 2 nitrogen and oxygen atoms in total. The summed E-state index contributed by atoms with van der Waals surface area (Å²) >= 11 is 1.51. The molecule has 0 saturated carbocycles. The summed E-state index contributed by atoms with van der Waals surface area (Å²) in [5, 5.41) is 1.95. The van der Waals surface area contributed by atoms with Crippen LogP contribution in [0.4, 0.5) is 5.69 Å². The van der Waals surface area contributed by atoms with Crippen molar-refractivity contribution < 1.29 is 4.79 Å². The highest BCUT2D eigenvalue weighted by Gasteiger charge is 2.10. The Balaban J connectivity index is 2.14. The fraction of sp³-hybridized carbons (Fsp3) is 0.154. The van der Waals surface area contributed by atoms with E-state index in [0.29, 0.717) is 6.42 Å². The van der Waals surface area contributed by atoms with E-state index in [4.69, 9.17) is 5.73 Å². The van der Waals surface area contributed by atoms with Gasteiger partial charge in [-0.3, -0.25) is 4.79 Å². The molecule has 0 saturated heterocycles. The number of anilines is 1. The number of aryl methyl sites for hydroxylation is 1. The molecule has 0 unspecified atom stereocenters. The van der Waals surface area contributed by atoms with Crippen molar-refractivity contribution in [2.75, 3.05) is 5.73 Å². The van der Waals surface area contributed by atoms with E-state index in [9.17, 15) is 4.79 Å². The van der Waals surface area contributed by atoms with Crippen LogP contribution in [0.2, 0.25) is 0 Å². The normalized spacial score (nSPS) is 10.3. The second-order valence-corrected chi connectivity index (χ2v) is 4.69. The number of Topliss-reactive ketones (excluding diaryl/α,β-unsaturated/α-hetero) is 1. The van der Waals surface area contributed by atoms with Crippen LogP contribution in [0.15, 0.2) is 35.7 Å². The Morgan fingerprint density at radius 2 is 1.94 bits per heavy atom. The lowest BCUT2D eigenvalue weighted by Gasteiger charge is -2.01. The molecule has 82 valence electrons. The summed E-state index contributed by atoms with van der Waals surface area (Å²) in [6.07, 6.45) is 0.446. The topological polar surface area (TPSA) is 43.1 Å². The summed E-state index contributed by atoms with van der Waals surface area (Å²) in [5.41, 5.74) is 8.39. The first-order valence-corrected chi connectivity index (χ1v) is 5.96. The van der Waals surface area contributed by atoms with Gasteiger partial charge in [0.2, 0.25) is 0 Å². The maximum Gasteiger partial charge on any atom is 0.177 e. The van der Waals surface area contributed by atoms with E-state index in [1.165, 1.54) is 11.3 Å².